The lowest BCUT2D eigenvalue weighted by molar-refractivity contribution is -0.151. The minimum absolute atomic E-state index is 0.0278. The van der Waals surface area contributed by atoms with Gasteiger partial charge in [-0.2, -0.15) is 0 Å². The highest BCUT2D eigenvalue weighted by molar-refractivity contribution is 5.92. The van der Waals surface area contributed by atoms with Gasteiger partial charge in [-0.15, -0.1) is 6.58 Å². The van der Waals surface area contributed by atoms with Gasteiger partial charge in [-0.25, -0.2) is 0 Å². The van der Waals surface area contributed by atoms with E-state index in [1.165, 1.54) is 5.57 Å². The van der Waals surface area contributed by atoms with Crippen molar-refractivity contribution in [2.24, 2.45) is 0 Å². The SMILES string of the molecule is C=C(C)C.O=C1CCC(=O)O1.OCCOCCO. The van der Waals surface area contributed by atoms with Gasteiger partial charge in [0.1, 0.15) is 0 Å². The van der Waals surface area contributed by atoms with E-state index in [4.69, 9.17) is 10.2 Å². The molecule has 0 amide bonds. The molecule has 106 valence electrons. The third kappa shape index (κ3) is 20.2. The molecular formula is C12H22O6. The highest BCUT2D eigenvalue weighted by atomic mass is 16.6. The first-order valence-corrected chi connectivity index (χ1v) is 5.59. The summed E-state index contributed by atoms with van der Waals surface area (Å²) in [5.74, 6) is -0.796. The van der Waals surface area contributed by atoms with Gasteiger partial charge in [0, 0.05) is 0 Å². The van der Waals surface area contributed by atoms with E-state index in [0.717, 1.165) is 0 Å². The summed E-state index contributed by atoms with van der Waals surface area (Å²) in [5.41, 5.74) is 1.17. The number of carbonyl (C=O) groups excluding carboxylic acids is 2. The van der Waals surface area contributed by atoms with Gasteiger partial charge >= 0.3 is 11.9 Å². The molecule has 1 aliphatic rings. The Hall–Kier alpha value is -1.24. The lowest BCUT2D eigenvalue weighted by atomic mass is 10.4. The van der Waals surface area contributed by atoms with Crippen molar-refractivity contribution in [3.8, 4) is 0 Å². The fourth-order valence-electron chi connectivity index (χ4n) is 0.664. The summed E-state index contributed by atoms with van der Waals surface area (Å²) in [4.78, 5) is 20.0. The molecule has 6 heteroatoms. The molecule has 1 rings (SSSR count). The third-order valence-electron chi connectivity index (χ3n) is 1.23. The van der Waals surface area contributed by atoms with Crippen LogP contribution in [0.15, 0.2) is 12.2 Å². The topological polar surface area (TPSA) is 93.1 Å². The molecule has 18 heavy (non-hydrogen) atoms. The zero-order valence-electron chi connectivity index (χ0n) is 11.0. The van der Waals surface area contributed by atoms with Crippen LogP contribution in [0.2, 0.25) is 0 Å². The summed E-state index contributed by atoms with van der Waals surface area (Å²) in [6.07, 6.45) is 0.525. The molecule has 1 saturated heterocycles. The van der Waals surface area contributed by atoms with Crippen molar-refractivity contribution < 1.29 is 29.3 Å². The highest BCUT2D eigenvalue weighted by Gasteiger charge is 2.19. The number of aliphatic hydroxyl groups excluding tert-OH is 2. The monoisotopic (exact) mass is 262 g/mol. The molecule has 0 radical (unpaired) electrons. The predicted octanol–water partition coefficient (Wildman–Crippen LogP) is 0.420. The third-order valence-corrected chi connectivity index (χ3v) is 1.23. The van der Waals surface area contributed by atoms with Crippen molar-refractivity contribution in [1.82, 2.24) is 0 Å². The fraction of sp³-hybridized carbons (Fsp3) is 0.667. The molecule has 0 aliphatic carbocycles. The highest BCUT2D eigenvalue weighted by Crippen LogP contribution is 2.03. The number of rotatable bonds is 4. The Morgan fingerprint density at radius 1 is 1.17 bits per heavy atom. The zero-order valence-corrected chi connectivity index (χ0v) is 11.0. The number of aliphatic hydroxyl groups is 2. The number of ether oxygens (including phenoxy) is 2. The van der Waals surface area contributed by atoms with E-state index in [1.807, 2.05) is 13.8 Å². The largest absolute Gasteiger partial charge is 0.394 e. The molecular weight excluding hydrogens is 240 g/mol. The van der Waals surface area contributed by atoms with E-state index in [-0.39, 0.29) is 26.1 Å². The second kappa shape index (κ2) is 13.8. The van der Waals surface area contributed by atoms with Crippen LogP contribution in [-0.2, 0) is 19.1 Å². The molecule has 6 nitrogen and oxygen atoms in total. The maximum atomic E-state index is 10.0. The quantitative estimate of drug-likeness (QED) is 0.330. The minimum atomic E-state index is -0.398. The van der Waals surface area contributed by atoms with Gasteiger partial charge in [-0.05, 0) is 13.8 Å². The van der Waals surface area contributed by atoms with Crippen molar-refractivity contribution in [2.45, 2.75) is 26.7 Å². The Kier molecular flexibility index (Phi) is 14.7. The Balaban J connectivity index is 0. The molecule has 0 saturated carbocycles. The first-order valence-electron chi connectivity index (χ1n) is 5.59. The van der Waals surface area contributed by atoms with E-state index in [2.05, 4.69) is 16.1 Å². The van der Waals surface area contributed by atoms with Gasteiger partial charge in [0.05, 0.1) is 39.3 Å². The number of hydrogen-bond donors (Lipinski definition) is 2. The molecule has 1 fully saturated rings. The summed E-state index contributed by atoms with van der Waals surface area (Å²) in [6.45, 7) is 8.20. The molecule has 1 aliphatic heterocycles. The van der Waals surface area contributed by atoms with Crippen molar-refractivity contribution in [3.05, 3.63) is 12.2 Å². The standard InChI is InChI=1S/C4H4O3.C4H10O3.C4H8/c5-3-1-2-4(6)7-3;5-1-3-7-4-2-6;1-4(2)3/h1-2H2;5-6H,1-4H2;1H2,2-3H3. The molecule has 0 aromatic rings. The predicted molar refractivity (Wildman–Crippen MR) is 65.8 cm³/mol. The van der Waals surface area contributed by atoms with Crippen LogP contribution in [0.25, 0.3) is 0 Å². The van der Waals surface area contributed by atoms with E-state index in [9.17, 15) is 9.59 Å². The number of cyclic esters (lactones) is 2. The van der Waals surface area contributed by atoms with Crippen molar-refractivity contribution in [1.29, 1.82) is 0 Å². The molecule has 0 bridgehead atoms. The smallest absolute Gasteiger partial charge is 0.314 e. The molecule has 1 heterocycles. The first-order chi connectivity index (χ1) is 8.43. The first kappa shape index (κ1) is 19.1. The van der Waals surface area contributed by atoms with Crippen molar-refractivity contribution in [3.63, 3.8) is 0 Å². The summed E-state index contributed by atoms with van der Waals surface area (Å²) < 4.78 is 8.72. The number of carbonyl (C=O) groups is 2. The summed E-state index contributed by atoms with van der Waals surface area (Å²) >= 11 is 0. The summed E-state index contributed by atoms with van der Waals surface area (Å²) in [6, 6.07) is 0. The van der Waals surface area contributed by atoms with Crippen LogP contribution in [0.1, 0.15) is 26.7 Å². The number of allylic oxidation sites excluding steroid dienone is 1. The summed E-state index contributed by atoms with van der Waals surface area (Å²) in [5, 5.41) is 16.2. The van der Waals surface area contributed by atoms with E-state index >= 15 is 0 Å². The average Bonchev–Trinajstić information content (AvgIpc) is 2.63. The van der Waals surface area contributed by atoms with Gasteiger partial charge in [-0.3, -0.25) is 9.59 Å². The van der Waals surface area contributed by atoms with Gasteiger partial charge < -0.3 is 19.7 Å². The lowest BCUT2D eigenvalue weighted by Gasteiger charge is -1.94. The zero-order chi connectivity index (χ0) is 14.4. The molecule has 0 spiro atoms. The van der Waals surface area contributed by atoms with Crippen LogP contribution in [0.5, 0.6) is 0 Å². The maximum absolute atomic E-state index is 10.0. The van der Waals surface area contributed by atoms with Crippen molar-refractivity contribution in [2.75, 3.05) is 26.4 Å². The molecule has 0 unspecified atom stereocenters. The van der Waals surface area contributed by atoms with E-state index in [0.29, 0.717) is 13.2 Å². The van der Waals surface area contributed by atoms with Gasteiger partial charge in [0.15, 0.2) is 0 Å². The second-order valence-corrected chi connectivity index (χ2v) is 3.61. The Bertz CT molecular complexity index is 227. The molecule has 0 aromatic heterocycles. The Labute approximate surface area is 107 Å². The molecule has 2 N–H and O–H groups in total. The van der Waals surface area contributed by atoms with Crippen LogP contribution in [0.3, 0.4) is 0 Å². The van der Waals surface area contributed by atoms with Gasteiger partial charge in [0.25, 0.3) is 0 Å². The van der Waals surface area contributed by atoms with Crippen LogP contribution in [0.4, 0.5) is 0 Å². The second-order valence-electron chi connectivity index (χ2n) is 3.61. The molecule has 0 atom stereocenters. The lowest BCUT2D eigenvalue weighted by Crippen LogP contribution is -2.03. The van der Waals surface area contributed by atoms with Crippen LogP contribution in [0, 0.1) is 0 Å². The van der Waals surface area contributed by atoms with E-state index < -0.39 is 11.9 Å². The Morgan fingerprint density at radius 2 is 1.50 bits per heavy atom. The summed E-state index contributed by atoms with van der Waals surface area (Å²) in [7, 11) is 0. The van der Waals surface area contributed by atoms with Crippen molar-refractivity contribution >= 4 is 11.9 Å². The normalized spacial score (nSPS) is 12.9. The van der Waals surface area contributed by atoms with Gasteiger partial charge in [-0.1, -0.05) is 5.57 Å². The minimum Gasteiger partial charge on any atom is -0.394 e. The number of esters is 2. The van der Waals surface area contributed by atoms with Crippen LogP contribution >= 0.6 is 0 Å². The van der Waals surface area contributed by atoms with E-state index in [1.54, 1.807) is 0 Å². The molecule has 0 aromatic carbocycles. The Morgan fingerprint density at radius 3 is 1.67 bits per heavy atom. The van der Waals surface area contributed by atoms with Crippen LogP contribution < -0.4 is 0 Å². The number of hydrogen-bond acceptors (Lipinski definition) is 6. The fourth-order valence-corrected chi connectivity index (χ4v) is 0.664. The average molecular weight is 262 g/mol. The van der Waals surface area contributed by atoms with Gasteiger partial charge in [0.2, 0.25) is 0 Å². The van der Waals surface area contributed by atoms with Crippen LogP contribution in [-0.4, -0.2) is 48.6 Å². The maximum Gasteiger partial charge on any atom is 0.314 e.